The van der Waals surface area contributed by atoms with Crippen LogP contribution in [0.3, 0.4) is 0 Å². The first-order chi connectivity index (χ1) is 12.1. The predicted molar refractivity (Wildman–Crippen MR) is 98.5 cm³/mol. The highest BCUT2D eigenvalue weighted by molar-refractivity contribution is 5.93. The molecule has 134 valence electrons. The van der Waals surface area contributed by atoms with Gasteiger partial charge in [-0.05, 0) is 44.0 Å². The van der Waals surface area contributed by atoms with Crippen LogP contribution >= 0.6 is 0 Å². The van der Waals surface area contributed by atoms with E-state index >= 15 is 0 Å². The second-order valence-corrected chi connectivity index (χ2v) is 5.60. The number of amides is 1. The van der Waals surface area contributed by atoms with Crippen molar-refractivity contribution in [2.45, 2.75) is 20.8 Å². The first-order valence-corrected chi connectivity index (χ1v) is 8.40. The van der Waals surface area contributed by atoms with Crippen LogP contribution in [0, 0.1) is 13.8 Å². The molecule has 5 nitrogen and oxygen atoms in total. The Bertz CT molecular complexity index is 680. The van der Waals surface area contributed by atoms with Crippen molar-refractivity contribution < 1.29 is 19.0 Å². The smallest absolute Gasteiger partial charge is 0.262 e. The number of para-hydroxylation sites is 3. The lowest BCUT2D eigenvalue weighted by molar-refractivity contribution is -0.118. The Morgan fingerprint density at radius 2 is 1.68 bits per heavy atom. The summed E-state index contributed by atoms with van der Waals surface area (Å²) in [5, 5.41) is 2.83. The maximum atomic E-state index is 12.2. The second kappa shape index (κ2) is 9.69. The molecular formula is C20H25NO4. The molecule has 0 saturated carbocycles. The van der Waals surface area contributed by atoms with Crippen LogP contribution in [0.1, 0.15) is 18.1 Å². The van der Waals surface area contributed by atoms with Crippen LogP contribution in [0.2, 0.25) is 0 Å². The Balaban J connectivity index is 1.92. The van der Waals surface area contributed by atoms with Gasteiger partial charge in [-0.15, -0.1) is 0 Å². The number of ether oxygens (including phenoxy) is 3. The van der Waals surface area contributed by atoms with Gasteiger partial charge in [0.25, 0.3) is 5.91 Å². The van der Waals surface area contributed by atoms with E-state index in [2.05, 4.69) is 5.32 Å². The Hall–Kier alpha value is -2.53. The summed E-state index contributed by atoms with van der Waals surface area (Å²) >= 11 is 0. The highest BCUT2D eigenvalue weighted by atomic mass is 16.5. The van der Waals surface area contributed by atoms with E-state index in [1.54, 1.807) is 6.07 Å². The summed E-state index contributed by atoms with van der Waals surface area (Å²) in [6.07, 6.45) is 0. The summed E-state index contributed by atoms with van der Waals surface area (Å²) < 4.78 is 16.6. The van der Waals surface area contributed by atoms with Crippen LogP contribution in [-0.2, 0) is 9.53 Å². The number of hydrogen-bond acceptors (Lipinski definition) is 4. The lowest BCUT2D eigenvalue weighted by Gasteiger charge is -2.14. The Morgan fingerprint density at radius 1 is 0.960 bits per heavy atom. The number of carbonyl (C=O) groups excluding carboxylic acids is 1. The van der Waals surface area contributed by atoms with Crippen molar-refractivity contribution in [3.05, 3.63) is 53.6 Å². The third-order valence-electron chi connectivity index (χ3n) is 3.61. The number of carbonyl (C=O) groups is 1. The number of rotatable bonds is 9. The zero-order valence-electron chi connectivity index (χ0n) is 15.0. The number of anilines is 1. The van der Waals surface area contributed by atoms with Crippen molar-refractivity contribution in [2.75, 3.05) is 31.7 Å². The van der Waals surface area contributed by atoms with Crippen molar-refractivity contribution in [1.82, 2.24) is 0 Å². The van der Waals surface area contributed by atoms with Crippen LogP contribution in [0.5, 0.6) is 11.5 Å². The Kier molecular flexibility index (Phi) is 7.29. The van der Waals surface area contributed by atoms with Gasteiger partial charge in [0.05, 0.1) is 12.3 Å². The molecule has 0 unspecified atom stereocenters. The van der Waals surface area contributed by atoms with Gasteiger partial charge in [-0.3, -0.25) is 4.79 Å². The van der Waals surface area contributed by atoms with Gasteiger partial charge < -0.3 is 19.5 Å². The number of nitrogens with one attached hydrogen (secondary N) is 1. The minimum atomic E-state index is -0.233. The zero-order valence-corrected chi connectivity index (χ0v) is 15.0. The van der Waals surface area contributed by atoms with E-state index in [1.807, 2.05) is 57.2 Å². The summed E-state index contributed by atoms with van der Waals surface area (Å²) in [7, 11) is 0. The zero-order chi connectivity index (χ0) is 18.1. The number of benzene rings is 2. The molecule has 0 aliphatic heterocycles. The molecule has 0 aliphatic rings. The van der Waals surface area contributed by atoms with Gasteiger partial charge >= 0.3 is 0 Å². The molecule has 0 heterocycles. The molecule has 2 aromatic rings. The molecule has 0 saturated heterocycles. The van der Waals surface area contributed by atoms with E-state index < -0.39 is 0 Å². The van der Waals surface area contributed by atoms with Crippen molar-refractivity contribution >= 4 is 11.6 Å². The molecule has 5 heteroatoms. The summed E-state index contributed by atoms with van der Waals surface area (Å²) in [5.74, 6) is 1.13. The van der Waals surface area contributed by atoms with Crippen molar-refractivity contribution in [2.24, 2.45) is 0 Å². The fourth-order valence-electron chi connectivity index (χ4n) is 2.40. The summed E-state index contributed by atoms with van der Waals surface area (Å²) in [6, 6.07) is 13.2. The molecule has 0 atom stereocenters. The molecular weight excluding hydrogens is 318 g/mol. The van der Waals surface area contributed by atoms with Gasteiger partial charge in [0.15, 0.2) is 6.61 Å². The van der Waals surface area contributed by atoms with Crippen molar-refractivity contribution in [3.8, 4) is 11.5 Å². The van der Waals surface area contributed by atoms with E-state index in [4.69, 9.17) is 14.2 Å². The normalized spacial score (nSPS) is 10.4. The maximum Gasteiger partial charge on any atom is 0.262 e. The first kappa shape index (κ1) is 18.8. The van der Waals surface area contributed by atoms with E-state index in [9.17, 15) is 4.79 Å². The van der Waals surface area contributed by atoms with E-state index in [0.29, 0.717) is 31.3 Å². The average molecular weight is 343 g/mol. The molecule has 0 fully saturated rings. The van der Waals surface area contributed by atoms with Crippen LogP contribution in [0.4, 0.5) is 5.69 Å². The van der Waals surface area contributed by atoms with Crippen LogP contribution in [0.25, 0.3) is 0 Å². The van der Waals surface area contributed by atoms with Gasteiger partial charge in [-0.2, -0.15) is 0 Å². The minimum absolute atomic E-state index is 0.0566. The lowest BCUT2D eigenvalue weighted by atomic mass is 10.1. The Labute approximate surface area is 148 Å². The van der Waals surface area contributed by atoms with Gasteiger partial charge in [-0.25, -0.2) is 0 Å². The van der Waals surface area contributed by atoms with E-state index in [1.165, 1.54) is 0 Å². The highest BCUT2D eigenvalue weighted by Gasteiger charge is 2.10. The molecule has 1 N–H and O–H groups in total. The topological polar surface area (TPSA) is 56.8 Å². The predicted octanol–water partition coefficient (Wildman–Crippen LogP) is 3.74. The second-order valence-electron chi connectivity index (χ2n) is 5.60. The summed E-state index contributed by atoms with van der Waals surface area (Å²) in [4.78, 5) is 12.2. The molecule has 2 rings (SSSR count). The third-order valence-corrected chi connectivity index (χ3v) is 3.61. The molecule has 1 amide bonds. The maximum absolute atomic E-state index is 12.2. The third kappa shape index (κ3) is 5.80. The van der Waals surface area contributed by atoms with Crippen molar-refractivity contribution in [1.29, 1.82) is 0 Å². The summed E-state index contributed by atoms with van der Waals surface area (Å²) in [5.41, 5.74) is 2.63. The SMILES string of the molecule is CCOCCOc1ccccc1NC(=O)COc1c(C)cccc1C. The monoisotopic (exact) mass is 343 g/mol. The molecule has 2 aromatic carbocycles. The van der Waals surface area contributed by atoms with E-state index in [-0.39, 0.29) is 12.5 Å². The number of hydrogen-bond donors (Lipinski definition) is 1. The van der Waals surface area contributed by atoms with Gasteiger partial charge in [0.2, 0.25) is 0 Å². The molecule has 0 bridgehead atoms. The highest BCUT2D eigenvalue weighted by Crippen LogP contribution is 2.24. The molecule has 0 spiro atoms. The van der Waals surface area contributed by atoms with Crippen LogP contribution in [-0.4, -0.2) is 32.3 Å². The van der Waals surface area contributed by atoms with Crippen LogP contribution in [0.15, 0.2) is 42.5 Å². The minimum Gasteiger partial charge on any atom is -0.489 e. The van der Waals surface area contributed by atoms with Gasteiger partial charge in [0.1, 0.15) is 18.1 Å². The van der Waals surface area contributed by atoms with Gasteiger partial charge in [-0.1, -0.05) is 30.3 Å². The molecule has 0 radical (unpaired) electrons. The molecule has 0 aromatic heterocycles. The fourth-order valence-corrected chi connectivity index (χ4v) is 2.40. The standard InChI is InChI=1S/C20H25NO4/c1-4-23-12-13-24-18-11-6-5-10-17(18)21-19(22)14-25-20-15(2)8-7-9-16(20)3/h5-11H,4,12-14H2,1-3H3,(H,21,22). The van der Waals surface area contributed by atoms with Crippen LogP contribution < -0.4 is 14.8 Å². The first-order valence-electron chi connectivity index (χ1n) is 8.40. The van der Waals surface area contributed by atoms with Gasteiger partial charge in [0, 0.05) is 6.61 Å². The van der Waals surface area contributed by atoms with Crippen molar-refractivity contribution in [3.63, 3.8) is 0 Å². The quantitative estimate of drug-likeness (QED) is 0.705. The number of aryl methyl sites for hydroxylation is 2. The largest absolute Gasteiger partial charge is 0.489 e. The molecule has 0 aliphatic carbocycles. The fraction of sp³-hybridized carbons (Fsp3) is 0.350. The Morgan fingerprint density at radius 3 is 2.40 bits per heavy atom. The van der Waals surface area contributed by atoms with E-state index in [0.717, 1.165) is 16.9 Å². The average Bonchev–Trinajstić information content (AvgIpc) is 2.59. The summed E-state index contributed by atoms with van der Waals surface area (Å²) in [6.45, 7) is 7.39. The lowest BCUT2D eigenvalue weighted by Crippen LogP contribution is -2.21. The molecule has 25 heavy (non-hydrogen) atoms.